The van der Waals surface area contributed by atoms with E-state index in [9.17, 15) is 0 Å². The van der Waals surface area contributed by atoms with E-state index < -0.39 is 0 Å². The monoisotopic (exact) mass is 414 g/mol. The fourth-order valence-corrected chi connectivity index (χ4v) is 3.48. The van der Waals surface area contributed by atoms with Gasteiger partial charge in [0.1, 0.15) is 0 Å². The van der Waals surface area contributed by atoms with Crippen LogP contribution >= 0.6 is 46.4 Å². The summed E-state index contributed by atoms with van der Waals surface area (Å²) < 4.78 is 7.84. The molecule has 0 fully saturated rings. The van der Waals surface area contributed by atoms with E-state index in [1.807, 2.05) is 29.0 Å². The lowest BCUT2D eigenvalue weighted by Crippen LogP contribution is -2.16. The zero-order valence-electron chi connectivity index (χ0n) is 13.0. The number of imidazole rings is 1. The average molecular weight is 416 g/mol. The van der Waals surface area contributed by atoms with E-state index in [2.05, 4.69) is 4.98 Å². The third kappa shape index (κ3) is 4.69. The van der Waals surface area contributed by atoms with Gasteiger partial charge in [0.05, 0.1) is 25.6 Å². The fraction of sp³-hybridized carbons (Fsp3) is 0.167. The van der Waals surface area contributed by atoms with Crippen LogP contribution < -0.4 is 0 Å². The van der Waals surface area contributed by atoms with Gasteiger partial charge in [-0.15, -0.1) is 0 Å². The van der Waals surface area contributed by atoms with E-state index in [0.29, 0.717) is 33.3 Å². The van der Waals surface area contributed by atoms with Crippen molar-refractivity contribution in [1.29, 1.82) is 0 Å². The van der Waals surface area contributed by atoms with Crippen LogP contribution in [-0.4, -0.2) is 16.2 Å². The summed E-state index contributed by atoms with van der Waals surface area (Å²) >= 11 is 24.5. The third-order valence-corrected chi connectivity index (χ3v) is 4.90. The Morgan fingerprint density at radius 1 is 0.960 bits per heavy atom. The molecule has 0 radical (unpaired) electrons. The molecular weight excluding hydrogens is 402 g/mol. The van der Waals surface area contributed by atoms with E-state index in [0.717, 1.165) is 11.1 Å². The van der Waals surface area contributed by atoms with E-state index >= 15 is 0 Å². The summed E-state index contributed by atoms with van der Waals surface area (Å²) in [5.74, 6) is 0. The minimum atomic E-state index is -0.127. The predicted molar refractivity (Wildman–Crippen MR) is 103 cm³/mol. The van der Waals surface area contributed by atoms with Crippen LogP contribution in [0.3, 0.4) is 0 Å². The van der Waals surface area contributed by atoms with Gasteiger partial charge in [0.15, 0.2) is 0 Å². The zero-order valence-corrected chi connectivity index (χ0v) is 16.0. The molecule has 0 saturated heterocycles. The van der Waals surface area contributed by atoms with Crippen molar-refractivity contribution in [2.75, 3.05) is 6.61 Å². The Kier molecular flexibility index (Phi) is 6.26. The second kappa shape index (κ2) is 8.43. The Morgan fingerprint density at radius 3 is 2.32 bits per heavy atom. The van der Waals surface area contributed by atoms with Gasteiger partial charge in [0.2, 0.25) is 0 Å². The van der Waals surface area contributed by atoms with Crippen LogP contribution in [0.15, 0.2) is 55.1 Å². The zero-order chi connectivity index (χ0) is 17.8. The molecule has 1 heterocycles. The first kappa shape index (κ1) is 18.6. The van der Waals surface area contributed by atoms with E-state index in [4.69, 9.17) is 51.1 Å². The lowest BCUT2D eigenvalue weighted by Gasteiger charge is -2.20. The smallest absolute Gasteiger partial charge is 0.0952 e. The normalized spacial score (nSPS) is 12.3. The summed E-state index contributed by atoms with van der Waals surface area (Å²) in [7, 11) is 0. The summed E-state index contributed by atoms with van der Waals surface area (Å²) in [6.07, 6.45) is 5.31. The summed E-state index contributed by atoms with van der Waals surface area (Å²) in [6.45, 7) is 0.767. The van der Waals surface area contributed by atoms with Crippen molar-refractivity contribution in [3.05, 3.63) is 86.3 Å². The first-order valence-corrected chi connectivity index (χ1v) is 9.00. The first-order chi connectivity index (χ1) is 12.0. The Balaban J connectivity index is 1.77. The third-order valence-electron chi connectivity index (χ3n) is 3.75. The van der Waals surface area contributed by atoms with Gasteiger partial charge in [-0.2, -0.15) is 0 Å². The highest BCUT2D eigenvalue weighted by molar-refractivity contribution is 6.35. The highest BCUT2D eigenvalue weighted by atomic mass is 35.5. The second-order valence-electron chi connectivity index (χ2n) is 5.44. The lowest BCUT2D eigenvalue weighted by molar-refractivity contribution is 0.100. The van der Waals surface area contributed by atoms with Gasteiger partial charge >= 0.3 is 0 Å². The van der Waals surface area contributed by atoms with Crippen LogP contribution in [-0.2, 0) is 11.3 Å². The van der Waals surface area contributed by atoms with Crippen LogP contribution in [0.5, 0.6) is 0 Å². The molecule has 1 aromatic heterocycles. The van der Waals surface area contributed by atoms with Crippen molar-refractivity contribution >= 4 is 46.4 Å². The van der Waals surface area contributed by atoms with Crippen molar-refractivity contribution in [2.45, 2.75) is 12.6 Å². The molecule has 1 atom stereocenters. The Bertz CT molecular complexity index is 852. The molecule has 25 heavy (non-hydrogen) atoms. The number of hydrogen-bond donors (Lipinski definition) is 0. The summed E-state index contributed by atoms with van der Waals surface area (Å²) in [5.41, 5.74) is 1.78. The Hall–Kier alpha value is -1.23. The number of ether oxygens (including phenoxy) is 1. The maximum Gasteiger partial charge on any atom is 0.0952 e. The van der Waals surface area contributed by atoms with Crippen LogP contribution in [0.4, 0.5) is 0 Å². The van der Waals surface area contributed by atoms with Crippen molar-refractivity contribution < 1.29 is 4.74 Å². The second-order valence-corrected chi connectivity index (χ2v) is 7.13. The largest absolute Gasteiger partial charge is 0.374 e. The molecule has 130 valence electrons. The highest BCUT2D eigenvalue weighted by Gasteiger charge is 2.17. The van der Waals surface area contributed by atoms with E-state index in [-0.39, 0.29) is 6.04 Å². The summed E-state index contributed by atoms with van der Waals surface area (Å²) in [5, 5.41) is 2.35. The average Bonchev–Trinajstić information content (AvgIpc) is 3.08. The topological polar surface area (TPSA) is 27.1 Å². The molecule has 0 aliphatic heterocycles. The standard InChI is InChI=1S/C18H14Cl4N2O/c19-13-2-1-12(16(21)7-13)9-25-10-18(24-6-5-23-11-24)15-4-3-14(20)8-17(15)22/h1-8,11,18H,9-10H2. The Labute approximate surface area is 166 Å². The van der Waals surface area contributed by atoms with E-state index in [1.54, 1.807) is 30.7 Å². The van der Waals surface area contributed by atoms with Gasteiger partial charge in [-0.3, -0.25) is 0 Å². The number of benzene rings is 2. The maximum atomic E-state index is 6.37. The van der Waals surface area contributed by atoms with E-state index in [1.165, 1.54) is 0 Å². The van der Waals surface area contributed by atoms with Crippen molar-refractivity contribution in [1.82, 2.24) is 9.55 Å². The minimum Gasteiger partial charge on any atom is -0.374 e. The first-order valence-electron chi connectivity index (χ1n) is 7.48. The molecule has 0 aliphatic carbocycles. The van der Waals surface area contributed by atoms with Gasteiger partial charge in [-0.05, 0) is 35.4 Å². The quantitative estimate of drug-likeness (QED) is 0.472. The van der Waals surface area contributed by atoms with Crippen LogP contribution in [0.1, 0.15) is 17.2 Å². The minimum absolute atomic E-state index is 0.127. The van der Waals surface area contributed by atoms with Crippen molar-refractivity contribution in [2.24, 2.45) is 0 Å². The van der Waals surface area contributed by atoms with Crippen LogP contribution in [0, 0.1) is 0 Å². The molecule has 0 spiro atoms. The molecule has 1 unspecified atom stereocenters. The van der Waals surface area contributed by atoms with Gasteiger partial charge in [-0.25, -0.2) is 4.98 Å². The van der Waals surface area contributed by atoms with Crippen molar-refractivity contribution in [3.63, 3.8) is 0 Å². The molecule has 0 bridgehead atoms. The van der Waals surface area contributed by atoms with Gasteiger partial charge in [0.25, 0.3) is 0 Å². The lowest BCUT2D eigenvalue weighted by atomic mass is 10.1. The molecule has 0 saturated carbocycles. The van der Waals surface area contributed by atoms with Gasteiger partial charge < -0.3 is 9.30 Å². The Morgan fingerprint density at radius 2 is 1.68 bits per heavy atom. The molecule has 3 nitrogen and oxygen atoms in total. The highest BCUT2D eigenvalue weighted by Crippen LogP contribution is 2.29. The van der Waals surface area contributed by atoms with Crippen LogP contribution in [0.2, 0.25) is 20.1 Å². The number of halogens is 4. The molecule has 7 heteroatoms. The molecule has 0 aliphatic rings. The molecule has 2 aromatic carbocycles. The molecule has 3 aromatic rings. The molecule has 0 N–H and O–H groups in total. The SMILES string of the molecule is Clc1ccc(COCC(c2ccc(Cl)cc2Cl)n2ccnc2)c(Cl)c1. The number of nitrogens with zero attached hydrogens (tertiary/aromatic N) is 2. The van der Waals surface area contributed by atoms with Gasteiger partial charge in [0, 0.05) is 32.5 Å². The number of aromatic nitrogens is 2. The summed E-state index contributed by atoms with van der Waals surface area (Å²) in [4.78, 5) is 4.11. The predicted octanol–water partition coefficient (Wildman–Crippen LogP) is 6.30. The molecule has 0 amide bonds. The molecule has 3 rings (SSSR count). The fourth-order valence-electron chi connectivity index (χ4n) is 2.48. The number of hydrogen-bond acceptors (Lipinski definition) is 2. The van der Waals surface area contributed by atoms with Gasteiger partial charge in [-0.1, -0.05) is 58.5 Å². The summed E-state index contributed by atoms with van der Waals surface area (Å²) in [6, 6.07) is 10.6. The number of rotatable bonds is 6. The molecular formula is C18H14Cl4N2O. The van der Waals surface area contributed by atoms with Crippen molar-refractivity contribution in [3.8, 4) is 0 Å². The maximum absolute atomic E-state index is 6.37. The van der Waals surface area contributed by atoms with Crippen LogP contribution in [0.25, 0.3) is 0 Å².